The highest BCUT2D eigenvalue weighted by molar-refractivity contribution is 5.94. The van der Waals surface area contributed by atoms with Gasteiger partial charge < -0.3 is 14.2 Å². The van der Waals surface area contributed by atoms with Crippen molar-refractivity contribution < 1.29 is 14.0 Å². The summed E-state index contributed by atoms with van der Waals surface area (Å²) >= 11 is 0. The summed E-state index contributed by atoms with van der Waals surface area (Å²) in [6, 6.07) is 1.67. The third-order valence-electron chi connectivity index (χ3n) is 4.10. The molecule has 2 heterocycles. The number of nitrogens with zero attached hydrogens (tertiary/aromatic N) is 2. The van der Waals surface area contributed by atoms with Gasteiger partial charge >= 0.3 is 0 Å². The van der Waals surface area contributed by atoms with Crippen LogP contribution in [0.2, 0.25) is 0 Å². The van der Waals surface area contributed by atoms with E-state index in [1.165, 1.54) is 18.9 Å². The van der Waals surface area contributed by atoms with Gasteiger partial charge in [0.05, 0.1) is 11.8 Å². The van der Waals surface area contributed by atoms with Gasteiger partial charge in [0.1, 0.15) is 6.26 Å². The minimum Gasteiger partial charge on any atom is -0.472 e. The monoisotopic (exact) mass is 262 g/mol. The van der Waals surface area contributed by atoms with Crippen LogP contribution in [0.4, 0.5) is 0 Å². The van der Waals surface area contributed by atoms with E-state index in [4.69, 9.17) is 4.42 Å². The van der Waals surface area contributed by atoms with Gasteiger partial charge in [-0.25, -0.2) is 0 Å². The predicted molar refractivity (Wildman–Crippen MR) is 68.5 cm³/mol. The lowest BCUT2D eigenvalue weighted by Gasteiger charge is -2.38. The average Bonchev–Trinajstić information content (AvgIpc) is 2.90. The second-order valence-electron chi connectivity index (χ2n) is 5.26. The Kier molecular flexibility index (Phi) is 3.27. The molecule has 0 bridgehead atoms. The molecule has 1 saturated heterocycles. The van der Waals surface area contributed by atoms with Crippen LogP contribution in [0, 0.1) is 5.92 Å². The van der Waals surface area contributed by atoms with Gasteiger partial charge in [-0.15, -0.1) is 0 Å². The molecule has 2 aliphatic rings. The summed E-state index contributed by atoms with van der Waals surface area (Å²) in [7, 11) is 0. The highest BCUT2D eigenvalue weighted by Crippen LogP contribution is 2.28. The fourth-order valence-electron chi connectivity index (χ4n) is 2.61. The zero-order valence-corrected chi connectivity index (χ0v) is 10.9. The fraction of sp³-hybridized carbons (Fsp3) is 0.571. The summed E-state index contributed by atoms with van der Waals surface area (Å²) in [4.78, 5) is 27.9. The van der Waals surface area contributed by atoms with E-state index < -0.39 is 0 Å². The van der Waals surface area contributed by atoms with Crippen LogP contribution in [-0.4, -0.2) is 47.8 Å². The molecular formula is C14H18N2O3. The van der Waals surface area contributed by atoms with Gasteiger partial charge in [0.15, 0.2) is 0 Å². The standard InChI is InChI=1S/C14H18N2O3/c17-13(11-2-1-3-11)15-5-7-16(8-6-15)14(18)12-4-9-19-10-12/h4,9-11H,1-3,5-8H2. The Morgan fingerprint density at radius 1 is 1.11 bits per heavy atom. The van der Waals surface area contributed by atoms with Crippen molar-refractivity contribution in [2.24, 2.45) is 5.92 Å². The zero-order valence-electron chi connectivity index (χ0n) is 10.9. The maximum absolute atomic E-state index is 12.1. The maximum atomic E-state index is 12.1. The largest absolute Gasteiger partial charge is 0.472 e. The highest BCUT2D eigenvalue weighted by atomic mass is 16.3. The molecule has 1 aromatic heterocycles. The third-order valence-corrected chi connectivity index (χ3v) is 4.10. The van der Waals surface area contributed by atoms with Crippen LogP contribution < -0.4 is 0 Å². The molecule has 0 atom stereocenters. The number of amides is 2. The summed E-state index contributed by atoms with van der Waals surface area (Å²) in [5.41, 5.74) is 0.582. The lowest BCUT2D eigenvalue weighted by molar-refractivity contribution is -0.139. The van der Waals surface area contributed by atoms with E-state index in [1.54, 1.807) is 11.0 Å². The summed E-state index contributed by atoms with van der Waals surface area (Å²) < 4.78 is 4.93. The van der Waals surface area contributed by atoms with Crippen molar-refractivity contribution in [1.82, 2.24) is 9.80 Å². The van der Waals surface area contributed by atoms with Crippen molar-refractivity contribution in [2.75, 3.05) is 26.2 Å². The third kappa shape index (κ3) is 2.37. The molecule has 2 amide bonds. The molecule has 3 rings (SSSR count). The lowest BCUT2D eigenvalue weighted by Crippen LogP contribution is -2.52. The molecule has 2 fully saturated rings. The minimum atomic E-state index is -0.00973. The SMILES string of the molecule is O=C(c1ccoc1)N1CCN(C(=O)C2CCC2)CC1. The number of piperazine rings is 1. The van der Waals surface area contributed by atoms with E-state index in [0.29, 0.717) is 31.7 Å². The van der Waals surface area contributed by atoms with E-state index in [-0.39, 0.29) is 17.7 Å². The molecule has 0 spiro atoms. The van der Waals surface area contributed by atoms with E-state index >= 15 is 0 Å². The van der Waals surface area contributed by atoms with Gasteiger partial charge in [-0.2, -0.15) is 0 Å². The molecule has 0 N–H and O–H groups in total. The van der Waals surface area contributed by atoms with Crippen LogP contribution in [0.3, 0.4) is 0 Å². The van der Waals surface area contributed by atoms with Gasteiger partial charge in [-0.05, 0) is 18.9 Å². The summed E-state index contributed by atoms with van der Waals surface area (Å²) in [5, 5.41) is 0. The Balaban J connectivity index is 1.54. The highest BCUT2D eigenvalue weighted by Gasteiger charge is 2.32. The van der Waals surface area contributed by atoms with Crippen LogP contribution >= 0.6 is 0 Å². The Morgan fingerprint density at radius 2 is 1.79 bits per heavy atom. The molecule has 1 aliphatic heterocycles. The molecule has 0 aromatic carbocycles. The molecule has 102 valence electrons. The predicted octanol–water partition coefficient (Wildman–Crippen LogP) is 1.36. The first kappa shape index (κ1) is 12.3. The maximum Gasteiger partial charge on any atom is 0.257 e. The van der Waals surface area contributed by atoms with Crippen LogP contribution in [0.1, 0.15) is 29.6 Å². The smallest absolute Gasteiger partial charge is 0.257 e. The Morgan fingerprint density at radius 3 is 2.32 bits per heavy atom. The topological polar surface area (TPSA) is 53.8 Å². The molecule has 1 aliphatic carbocycles. The second-order valence-corrected chi connectivity index (χ2v) is 5.26. The molecule has 1 aromatic rings. The van der Waals surface area contributed by atoms with Crippen molar-refractivity contribution in [3.05, 3.63) is 24.2 Å². The van der Waals surface area contributed by atoms with Gasteiger partial charge in [0.2, 0.25) is 5.91 Å². The van der Waals surface area contributed by atoms with Crippen LogP contribution in [0.25, 0.3) is 0 Å². The number of carbonyl (C=O) groups excluding carboxylic acids is 2. The van der Waals surface area contributed by atoms with E-state index in [9.17, 15) is 9.59 Å². The van der Waals surface area contributed by atoms with E-state index in [1.807, 2.05) is 4.90 Å². The fourth-order valence-corrected chi connectivity index (χ4v) is 2.61. The number of hydrogen-bond acceptors (Lipinski definition) is 3. The van der Waals surface area contributed by atoms with Gasteiger partial charge in [-0.1, -0.05) is 6.42 Å². The van der Waals surface area contributed by atoms with Crippen molar-refractivity contribution in [1.29, 1.82) is 0 Å². The number of hydrogen-bond donors (Lipinski definition) is 0. The first-order valence-electron chi connectivity index (χ1n) is 6.86. The molecule has 1 saturated carbocycles. The summed E-state index contributed by atoms with van der Waals surface area (Å²) in [6.45, 7) is 2.53. The quantitative estimate of drug-likeness (QED) is 0.808. The van der Waals surface area contributed by atoms with Gasteiger partial charge in [0, 0.05) is 32.1 Å². The molecule has 0 radical (unpaired) electrons. The Hall–Kier alpha value is -1.78. The number of furan rings is 1. The van der Waals surface area contributed by atoms with Crippen molar-refractivity contribution in [3.63, 3.8) is 0 Å². The van der Waals surface area contributed by atoms with Crippen molar-refractivity contribution in [3.8, 4) is 0 Å². The molecule has 0 unspecified atom stereocenters. The number of carbonyl (C=O) groups is 2. The normalized spacial score (nSPS) is 20.2. The van der Waals surface area contributed by atoms with Crippen LogP contribution in [0.15, 0.2) is 23.0 Å². The van der Waals surface area contributed by atoms with Crippen LogP contribution in [-0.2, 0) is 4.79 Å². The van der Waals surface area contributed by atoms with E-state index in [2.05, 4.69) is 0 Å². The minimum absolute atomic E-state index is 0.00973. The van der Waals surface area contributed by atoms with Crippen molar-refractivity contribution >= 4 is 11.8 Å². The summed E-state index contributed by atoms with van der Waals surface area (Å²) in [6.07, 6.45) is 6.22. The molecule has 5 nitrogen and oxygen atoms in total. The molecular weight excluding hydrogens is 244 g/mol. The number of rotatable bonds is 2. The second kappa shape index (κ2) is 5.07. The van der Waals surface area contributed by atoms with Gasteiger partial charge in [-0.3, -0.25) is 9.59 Å². The Bertz CT molecular complexity index is 457. The molecule has 19 heavy (non-hydrogen) atoms. The van der Waals surface area contributed by atoms with Gasteiger partial charge in [0.25, 0.3) is 5.91 Å². The van der Waals surface area contributed by atoms with E-state index in [0.717, 1.165) is 12.8 Å². The van der Waals surface area contributed by atoms with Crippen LogP contribution in [0.5, 0.6) is 0 Å². The lowest BCUT2D eigenvalue weighted by atomic mass is 9.84. The molecule has 5 heteroatoms. The summed E-state index contributed by atoms with van der Waals surface area (Å²) in [5.74, 6) is 0.516. The zero-order chi connectivity index (χ0) is 13.2. The Labute approximate surface area is 112 Å². The first-order chi connectivity index (χ1) is 9.25. The van der Waals surface area contributed by atoms with Crippen molar-refractivity contribution in [2.45, 2.75) is 19.3 Å². The average molecular weight is 262 g/mol. The first-order valence-corrected chi connectivity index (χ1v) is 6.86.